The predicted molar refractivity (Wildman–Crippen MR) is 89.5 cm³/mol. The largest absolute Gasteiger partial charge is 0.444 e. The Morgan fingerprint density at radius 2 is 1.92 bits per heavy atom. The number of Topliss-reactive ketones (excluding diaryl/α,β-unsaturated/α-hetero) is 1. The average molecular weight is 342 g/mol. The van der Waals surface area contributed by atoms with Gasteiger partial charge in [0.05, 0.1) is 6.04 Å². The van der Waals surface area contributed by atoms with Gasteiger partial charge in [0.25, 0.3) is 0 Å². The highest BCUT2D eigenvalue weighted by atomic mass is 16.6. The van der Waals surface area contributed by atoms with Crippen LogP contribution in [0.25, 0.3) is 0 Å². The maximum absolute atomic E-state index is 12.5. The van der Waals surface area contributed by atoms with Gasteiger partial charge in [-0.3, -0.25) is 9.69 Å². The molecule has 0 radical (unpaired) electrons. The topological polar surface area (TPSA) is 84.9 Å². The first-order chi connectivity index (χ1) is 10.8. The highest BCUT2D eigenvalue weighted by Gasteiger charge is 2.39. The third-order valence-electron chi connectivity index (χ3n) is 3.69. The quantitative estimate of drug-likeness (QED) is 0.833. The van der Waals surface area contributed by atoms with E-state index in [-0.39, 0.29) is 11.7 Å². The van der Waals surface area contributed by atoms with Crippen LogP contribution in [0.4, 0.5) is 9.59 Å². The summed E-state index contributed by atoms with van der Waals surface area (Å²) in [6.07, 6.45) is -0.264. The minimum Gasteiger partial charge on any atom is -0.444 e. The van der Waals surface area contributed by atoms with Crippen molar-refractivity contribution in [1.29, 1.82) is 0 Å². The maximum atomic E-state index is 12.5. The number of rotatable bonds is 2. The number of ether oxygens (including phenoxy) is 2. The lowest BCUT2D eigenvalue weighted by atomic mass is 9.98. The molecule has 1 aliphatic heterocycles. The Morgan fingerprint density at radius 1 is 1.33 bits per heavy atom. The fraction of sp³-hybridized carbons (Fsp3) is 0.824. The zero-order chi connectivity index (χ0) is 18.7. The summed E-state index contributed by atoms with van der Waals surface area (Å²) in [6.45, 7) is 12.5. The molecule has 1 saturated heterocycles. The average Bonchev–Trinajstić information content (AvgIpc) is 2.42. The normalized spacial score (nSPS) is 21.9. The van der Waals surface area contributed by atoms with Crippen molar-refractivity contribution in [2.24, 2.45) is 5.92 Å². The molecule has 0 aromatic heterocycles. The van der Waals surface area contributed by atoms with Gasteiger partial charge < -0.3 is 14.8 Å². The van der Waals surface area contributed by atoms with E-state index in [1.807, 2.05) is 0 Å². The highest BCUT2D eigenvalue weighted by Crippen LogP contribution is 2.23. The number of hydrogen-bond acceptors (Lipinski definition) is 5. The lowest BCUT2D eigenvalue weighted by Gasteiger charge is -2.37. The first-order valence-electron chi connectivity index (χ1n) is 8.37. The lowest BCUT2D eigenvalue weighted by molar-refractivity contribution is -0.124. The monoisotopic (exact) mass is 342 g/mol. The molecule has 0 saturated carbocycles. The molecular weight excluding hydrogens is 312 g/mol. The zero-order valence-corrected chi connectivity index (χ0v) is 15.8. The van der Waals surface area contributed by atoms with Crippen LogP contribution in [0.2, 0.25) is 0 Å². The van der Waals surface area contributed by atoms with Crippen LogP contribution in [0.15, 0.2) is 0 Å². The van der Waals surface area contributed by atoms with Crippen LogP contribution in [0.5, 0.6) is 0 Å². The summed E-state index contributed by atoms with van der Waals surface area (Å²) in [7, 11) is 0. The number of alkyl carbamates (subject to hydrolysis) is 1. The Kier molecular flexibility index (Phi) is 6.25. The number of nitrogens with zero attached hydrogens (tertiary/aromatic N) is 1. The maximum Gasteiger partial charge on any atom is 0.413 e. The van der Waals surface area contributed by atoms with Gasteiger partial charge in [0, 0.05) is 12.5 Å². The Labute approximate surface area is 144 Å². The fourth-order valence-electron chi connectivity index (χ4n) is 2.49. The molecule has 0 bridgehead atoms. The van der Waals surface area contributed by atoms with Gasteiger partial charge in [-0.25, -0.2) is 9.59 Å². The van der Waals surface area contributed by atoms with E-state index in [0.717, 1.165) is 0 Å². The molecule has 0 unspecified atom stereocenters. The molecule has 0 aromatic rings. The number of amides is 2. The van der Waals surface area contributed by atoms with E-state index < -0.39 is 29.6 Å². The van der Waals surface area contributed by atoms with Crippen LogP contribution in [-0.4, -0.2) is 46.8 Å². The van der Waals surface area contributed by atoms with Gasteiger partial charge >= 0.3 is 12.2 Å². The third-order valence-corrected chi connectivity index (χ3v) is 3.69. The number of carbonyl (C=O) groups excluding carboxylic acids is 3. The van der Waals surface area contributed by atoms with E-state index in [2.05, 4.69) is 5.32 Å². The molecule has 1 heterocycles. The third kappa shape index (κ3) is 5.69. The molecule has 0 aromatic carbocycles. The van der Waals surface area contributed by atoms with Crippen molar-refractivity contribution in [3.05, 3.63) is 0 Å². The number of nitrogens with one attached hydrogen (secondary N) is 1. The second-order valence-electron chi connectivity index (χ2n) is 7.86. The van der Waals surface area contributed by atoms with Crippen molar-refractivity contribution < 1.29 is 23.9 Å². The van der Waals surface area contributed by atoms with Gasteiger partial charge in [0.1, 0.15) is 5.60 Å². The van der Waals surface area contributed by atoms with Crippen molar-refractivity contribution in [3.8, 4) is 0 Å². The summed E-state index contributed by atoms with van der Waals surface area (Å²) in [5, 5.41) is 2.61. The molecular formula is C17H30N2O5. The number of cyclic esters (lactones) is 1. The fourth-order valence-corrected chi connectivity index (χ4v) is 2.49. The van der Waals surface area contributed by atoms with Crippen molar-refractivity contribution >= 4 is 18.0 Å². The van der Waals surface area contributed by atoms with E-state index in [1.54, 1.807) is 48.5 Å². The molecule has 1 rings (SSSR count). The van der Waals surface area contributed by atoms with Crippen LogP contribution in [0, 0.1) is 5.92 Å². The molecule has 24 heavy (non-hydrogen) atoms. The molecule has 7 heteroatoms. The standard InChI is InChI=1S/C17H30N2O5/c1-11(2)13(20)12-9-8-10-19(15(22)24-16(3,4)5)17(6,7)23-14(21)18-12/h11-12H,8-10H2,1-7H3,(H,18,21)/t12-/m0/s1. The second kappa shape index (κ2) is 7.40. The van der Waals surface area contributed by atoms with Gasteiger partial charge in [-0.05, 0) is 47.5 Å². The van der Waals surface area contributed by atoms with Gasteiger partial charge in [-0.2, -0.15) is 0 Å². The van der Waals surface area contributed by atoms with Gasteiger partial charge in [0.2, 0.25) is 0 Å². The summed E-state index contributed by atoms with van der Waals surface area (Å²) in [5.41, 5.74) is -1.83. The predicted octanol–water partition coefficient (Wildman–Crippen LogP) is 3.07. The summed E-state index contributed by atoms with van der Waals surface area (Å²) in [6, 6.07) is -0.605. The summed E-state index contributed by atoms with van der Waals surface area (Å²) in [4.78, 5) is 38.2. The SMILES string of the molecule is CC(C)C(=O)[C@@H]1CCCN(C(=O)OC(C)(C)C)C(C)(C)OC(=O)N1. The molecule has 2 amide bonds. The van der Waals surface area contributed by atoms with Crippen molar-refractivity contribution in [2.75, 3.05) is 6.54 Å². The van der Waals surface area contributed by atoms with E-state index in [0.29, 0.717) is 19.4 Å². The molecule has 0 aliphatic carbocycles. The van der Waals surface area contributed by atoms with E-state index >= 15 is 0 Å². The minimum absolute atomic E-state index is 0.0459. The van der Waals surface area contributed by atoms with E-state index in [9.17, 15) is 14.4 Å². The summed E-state index contributed by atoms with van der Waals surface area (Å²) < 4.78 is 10.8. The Balaban J connectivity index is 2.96. The molecule has 7 nitrogen and oxygen atoms in total. The van der Waals surface area contributed by atoms with Crippen LogP contribution in [-0.2, 0) is 14.3 Å². The molecule has 1 atom stereocenters. The first-order valence-corrected chi connectivity index (χ1v) is 8.37. The van der Waals surface area contributed by atoms with Crippen molar-refractivity contribution in [1.82, 2.24) is 10.2 Å². The van der Waals surface area contributed by atoms with Crippen LogP contribution >= 0.6 is 0 Å². The molecule has 1 aliphatic rings. The molecule has 138 valence electrons. The number of hydrogen-bond donors (Lipinski definition) is 1. The smallest absolute Gasteiger partial charge is 0.413 e. The minimum atomic E-state index is -1.18. The molecule has 0 spiro atoms. The van der Waals surface area contributed by atoms with Crippen LogP contribution < -0.4 is 5.32 Å². The van der Waals surface area contributed by atoms with Crippen LogP contribution in [0.3, 0.4) is 0 Å². The second-order valence-corrected chi connectivity index (χ2v) is 7.86. The van der Waals surface area contributed by atoms with Gasteiger partial charge in [-0.1, -0.05) is 13.8 Å². The van der Waals surface area contributed by atoms with E-state index in [4.69, 9.17) is 9.47 Å². The lowest BCUT2D eigenvalue weighted by Crippen LogP contribution is -2.53. The van der Waals surface area contributed by atoms with E-state index in [1.165, 1.54) is 4.90 Å². The highest BCUT2D eigenvalue weighted by molar-refractivity contribution is 5.88. The number of carbonyl (C=O) groups is 3. The van der Waals surface area contributed by atoms with Crippen LogP contribution in [0.1, 0.15) is 61.3 Å². The summed E-state index contributed by atoms with van der Waals surface area (Å²) >= 11 is 0. The molecule has 1 fully saturated rings. The van der Waals surface area contributed by atoms with Gasteiger partial charge in [-0.15, -0.1) is 0 Å². The molecule has 1 N–H and O–H groups in total. The number of ketones is 1. The summed E-state index contributed by atoms with van der Waals surface area (Å²) in [5.74, 6) is -0.235. The van der Waals surface area contributed by atoms with Gasteiger partial charge in [0.15, 0.2) is 11.5 Å². The Hall–Kier alpha value is -1.79. The Bertz CT molecular complexity index is 494. The van der Waals surface area contributed by atoms with Crippen molar-refractivity contribution in [3.63, 3.8) is 0 Å². The zero-order valence-electron chi connectivity index (χ0n) is 15.8. The first kappa shape index (κ1) is 20.3. The Morgan fingerprint density at radius 3 is 2.42 bits per heavy atom. The van der Waals surface area contributed by atoms with Crippen molar-refractivity contribution in [2.45, 2.75) is 78.7 Å².